The van der Waals surface area contributed by atoms with E-state index in [-0.39, 0.29) is 28.0 Å². The molecule has 0 aliphatic heterocycles. The molecule has 0 aliphatic rings. The van der Waals surface area contributed by atoms with Crippen molar-refractivity contribution in [2.75, 3.05) is 11.9 Å². The van der Waals surface area contributed by atoms with Crippen LogP contribution in [0, 0.1) is 0 Å². The summed E-state index contributed by atoms with van der Waals surface area (Å²) in [7, 11) is 0. The van der Waals surface area contributed by atoms with Gasteiger partial charge in [-0.05, 0) is 54.7 Å². The lowest BCUT2D eigenvalue weighted by Crippen LogP contribution is -2.37. The van der Waals surface area contributed by atoms with Gasteiger partial charge in [0.1, 0.15) is 5.75 Å². The highest BCUT2D eigenvalue weighted by molar-refractivity contribution is 9.10. The molecular weight excluding hydrogens is 432 g/mol. The summed E-state index contributed by atoms with van der Waals surface area (Å²) >= 11 is 14.1. The molecule has 0 aromatic heterocycles. The van der Waals surface area contributed by atoms with E-state index >= 15 is 0 Å². The van der Waals surface area contributed by atoms with Crippen LogP contribution >= 0.6 is 39.7 Å². The Bertz CT molecular complexity index is 814. The topological polar surface area (TPSA) is 87.7 Å². The van der Waals surface area contributed by atoms with Crippen molar-refractivity contribution in [3.8, 4) is 5.75 Å². The number of hydrogen-bond donors (Lipinski definition) is 3. The van der Waals surface area contributed by atoms with E-state index < -0.39 is 11.9 Å². The van der Waals surface area contributed by atoms with E-state index in [9.17, 15) is 9.59 Å². The Balaban J connectivity index is 1.90. The standard InChI is InChI=1S/C16H12BrClN2O4S/c17-9-1-4-11(5-2-9)24-8-14(21)20-16(25)19-13-6-3-10(18)7-12(13)15(22)23/h1-7H,8H2,(H,22,23)(H2,19,20,21,25). The maximum atomic E-state index is 11.8. The summed E-state index contributed by atoms with van der Waals surface area (Å²) in [6.07, 6.45) is 0. The number of nitrogens with one attached hydrogen (secondary N) is 2. The summed E-state index contributed by atoms with van der Waals surface area (Å²) in [6.45, 7) is -0.240. The number of carboxylic acid groups (broad SMARTS) is 1. The zero-order valence-corrected chi connectivity index (χ0v) is 15.7. The van der Waals surface area contributed by atoms with Gasteiger partial charge in [-0.2, -0.15) is 0 Å². The minimum absolute atomic E-state index is 0.0470. The number of benzene rings is 2. The monoisotopic (exact) mass is 442 g/mol. The number of hydrogen-bond acceptors (Lipinski definition) is 4. The van der Waals surface area contributed by atoms with Crippen LogP contribution in [0.15, 0.2) is 46.9 Å². The van der Waals surface area contributed by atoms with Crippen molar-refractivity contribution < 1.29 is 19.4 Å². The summed E-state index contributed by atoms with van der Waals surface area (Å²) in [5.41, 5.74) is 0.159. The molecule has 0 unspecified atom stereocenters. The quantitative estimate of drug-likeness (QED) is 0.611. The molecule has 0 spiro atoms. The van der Waals surface area contributed by atoms with Crippen LogP contribution < -0.4 is 15.4 Å². The van der Waals surface area contributed by atoms with E-state index in [0.29, 0.717) is 5.75 Å². The van der Waals surface area contributed by atoms with Gasteiger partial charge in [0.05, 0.1) is 11.3 Å². The third-order valence-corrected chi connectivity index (χ3v) is 3.86. The molecule has 0 saturated carbocycles. The molecule has 9 heteroatoms. The van der Waals surface area contributed by atoms with Gasteiger partial charge in [0.2, 0.25) is 0 Å². The highest BCUT2D eigenvalue weighted by Crippen LogP contribution is 2.20. The lowest BCUT2D eigenvalue weighted by Gasteiger charge is -2.12. The van der Waals surface area contributed by atoms with E-state index in [4.69, 9.17) is 33.7 Å². The van der Waals surface area contributed by atoms with E-state index in [1.165, 1.54) is 18.2 Å². The Morgan fingerprint density at radius 2 is 1.88 bits per heavy atom. The van der Waals surface area contributed by atoms with Gasteiger partial charge in [0.25, 0.3) is 5.91 Å². The Morgan fingerprint density at radius 3 is 2.52 bits per heavy atom. The van der Waals surface area contributed by atoms with Crippen LogP contribution in [0.4, 0.5) is 5.69 Å². The molecule has 2 rings (SSSR count). The minimum Gasteiger partial charge on any atom is -0.484 e. The predicted molar refractivity (Wildman–Crippen MR) is 102 cm³/mol. The smallest absolute Gasteiger partial charge is 0.337 e. The van der Waals surface area contributed by atoms with E-state index in [1.807, 2.05) is 0 Å². The number of halogens is 2. The molecule has 0 saturated heterocycles. The van der Waals surface area contributed by atoms with E-state index in [0.717, 1.165) is 4.47 Å². The first-order chi connectivity index (χ1) is 11.8. The first-order valence-corrected chi connectivity index (χ1v) is 8.45. The largest absolute Gasteiger partial charge is 0.484 e. The molecule has 2 aromatic carbocycles. The van der Waals surface area contributed by atoms with Crippen molar-refractivity contribution in [1.82, 2.24) is 5.32 Å². The maximum absolute atomic E-state index is 11.8. The SMILES string of the molecule is O=C(COc1ccc(Br)cc1)NC(=S)Nc1ccc(Cl)cc1C(=O)O. The molecule has 0 bridgehead atoms. The molecule has 25 heavy (non-hydrogen) atoms. The lowest BCUT2D eigenvalue weighted by molar-refractivity contribution is -0.121. The van der Waals surface area contributed by atoms with Gasteiger partial charge in [-0.3, -0.25) is 10.1 Å². The normalized spacial score (nSPS) is 10.0. The molecule has 130 valence electrons. The van der Waals surface area contributed by atoms with Crippen molar-refractivity contribution >= 4 is 62.4 Å². The number of amides is 1. The summed E-state index contributed by atoms with van der Waals surface area (Å²) in [4.78, 5) is 23.1. The number of aromatic carboxylic acids is 1. The molecule has 0 aliphatic carbocycles. The zero-order chi connectivity index (χ0) is 18.4. The summed E-state index contributed by atoms with van der Waals surface area (Å²) in [5, 5.41) is 14.5. The molecule has 6 nitrogen and oxygen atoms in total. The van der Waals surface area contributed by atoms with Crippen molar-refractivity contribution in [3.05, 3.63) is 57.5 Å². The number of carboxylic acids is 1. The highest BCUT2D eigenvalue weighted by atomic mass is 79.9. The fourth-order valence-electron chi connectivity index (χ4n) is 1.80. The summed E-state index contributed by atoms with van der Waals surface area (Å²) in [5.74, 6) is -1.12. The third-order valence-electron chi connectivity index (χ3n) is 2.90. The number of ether oxygens (including phenoxy) is 1. The first kappa shape index (κ1) is 19.2. The number of carbonyl (C=O) groups is 2. The first-order valence-electron chi connectivity index (χ1n) is 6.87. The second-order valence-electron chi connectivity index (χ2n) is 4.74. The van der Waals surface area contributed by atoms with Crippen molar-refractivity contribution in [1.29, 1.82) is 0 Å². The highest BCUT2D eigenvalue weighted by Gasteiger charge is 2.13. The average molecular weight is 444 g/mol. The van der Waals surface area contributed by atoms with Gasteiger partial charge in [0.15, 0.2) is 11.7 Å². The fraction of sp³-hybridized carbons (Fsp3) is 0.0625. The minimum atomic E-state index is -1.17. The second-order valence-corrected chi connectivity index (χ2v) is 6.50. The second kappa shape index (κ2) is 8.80. The van der Waals surface area contributed by atoms with Crippen LogP contribution in [0.25, 0.3) is 0 Å². The zero-order valence-electron chi connectivity index (χ0n) is 12.6. The van der Waals surface area contributed by atoms with Crippen LogP contribution in [-0.4, -0.2) is 28.7 Å². The Hall–Kier alpha value is -2.16. The van der Waals surface area contributed by atoms with Gasteiger partial charge in [-0.15, -0.1) is 0 Å². The van der Waals surface area contributed by atoms with E-state index in [2.05, 4.69) is 26.6 Å². The molecule has 2 aromatic rings. The van der Waals surface area contributed by atoms with Crippen LogP contribution in [0.5, 0.6) is 5.75 Å². The van der Waals surface area contributed by atoms with Crippen molar-refractivity contribution in [2.24, 2.45) is 0 Å². The van der Waals surface area contributed by atoms with E-state index in [1.54, 1.807) is 24.3 Å². The van der Waals surface area contributed by atoms with Gasteiger partial charge in [-0.25, -0.2) is 4.79 Å². The Kier molecular flexibility index (Phi) is 6.74. The molecular formula is C16H12BrClN2O4S. The molecule has 0 radical (unpaired) electrons. The maximum Gasteiger partial charge on any atom is 0.337 e. The van der Waals surface area contributed by atoms with Crippen molar-refractivity contribution in [3.63, 3.8) is 0 Å². The number of thiocarbonyl (C=S) groups is 1. The Labute approximate surface area is 162 Å². The molecule has 0 fully saturated rings. The predicted octanol–water partition coefficient (Wildman–Crippen LogP) is 3.69. The lowest BCUT2D eigenvalue weighted by atomic mass is 10.2. The van der Waals surface area contributed by atoms with Crippen LogP contribution in [0.2, 0.25) is 5.02 Å². The molecule has 0 atom stereocenters. The average Bonchev–Trinajstić information content (AvgIpc) is 2.55. The fourth-order valence-corrected chi connectivity index (χ4v) is 2.46. The van der Waals surface area contributed by atoms with Crippen LogP contribution in [0.1, 0.15) is 10.4 Å². The molecule has 0 heterocycles. The van der Waals surface area contributed by atoms with Crippen LogP contribution in [-0.2, 0) is 4.79 Å². The molecule has 1 amide bonds. The molecule has 3 N–H and O–H groups in total. The van der Waals surface area contributed by atoms with Gasteiger partial charge in [0, 0.05) is 9.50 Å². The number of anilines is 1. The van der Waals surface area contributed by atoms with Crippen LogP contribution in [0.3, 0.4) is 0 Å². The van der Waals surface area contributed by atoms with Gasteiger partial charge in [-0.1, -0.05) is 27.5 Å². The summed E-state index contributed by atoms with van der Waals surface area (Å²) in [6, 6.07) is 11.2. The van der Waals surface area contributed by atoms with Gasteiger partial charge >= 0.3 is 5.97 Å². The summed E-state index contributed by atoms with van der Waals surface area (Å²) < 4.78 is 6.21. The number of rotatable bonds is 5. The van der Waals surface area contributed by atoms with Crippen molar-refractivity contribution in [2.45, 2.75) is 0 Å². The van der Waals surface area contributed by atoms with Gasteiger partial charge < -0.3 is 15.2 Å². The third kappa shape index (κ3) is 6.00. The number of carbonyl (C=O) groups excluding carboxylic acids is 1. The Morgan fingerprint density at radius 1 is 1.20 bits per heavy atom.